The van der Waals surface area contributed by atoms with E-state index in [9.17, 15) is 18.0 Å². The van der Waals surface area contributed by atoms with Crippen LogP contribution in [-0.4, -0.2) is 13.1 Å². The fourth-order valence-electron chi connectivity index (χ4n) is 1.72. The molecule has 5 nitrogen and oxygen atoms in total. The maximum Gasteiger partial charge on any atom is 0.417 e. The number of nitrogens with two attached hydrogens (primary N) is 3. The molecule has 6 N–H and O–H groups in total. The second-order valence-electron chi connectivity index (χ2n) is 3.96. The number of anilines is 1. The molecule has 114 valence electrons. The lowest BCUT2D eigenvalue weighted by molar-refractivity contribution is -0.137. The van der Waals surface area contributed by atoms with E-state index < -0.39 is 17.7 Å². The average Bonchev–Trinajstić information content (AvgIpc) is 2.43. The molecule has 1 aromatic rings. The largest absolute Gasteiger partial charge is 0.465 e. The van der Waals surface area contributed by atoms with Crippen molar-refractivity contribution in [3.05, 3.63) is 47.3 Å². The maximum absolute atomic E-state index is 13.1. The van der Waals surface area contributed by atoms with Gasteiger partial charge in [0, 0.05) is 11.9 Å². The van der Waals surface area contributed by atoms with Crippen LogP contribution in [0.15, 0.2) is 30.6 Å². The number of hydrogen-bond acceptors (Lipinski definition) is 5. The molecule has 1 aromatic carbocycles. The number of carbonyl (C=O) groups excluding carboxylic acids is 1. The number of rotatable bonds is 3. The van der Waals surface area contributed by atoms with Crippen LogP contribution in [-0.2, 0) is 10.9 Å². The monoisotopic (exact) mass is 301 g/mol. The molecule has 0 aromatic heterocycles. The fraction of sp³-hybridized carbons (Fsp3) is 0.154. The highest BCUT2D eigenvalue weighted by Gasteiger charge is 2.35. The summed E-state index contributed by atoms with van der Waals surface area (Å²) in [6.07, 6.45) is -1.51. The van der Waals surface area contributed by atoms with E-state index in [1.54, 1.807) is 0 Å². The second kappa shape index (κ2) is 6.21. The fourth-order valence-corrected chi connectivity index (χ4v) is 1.72. The minimum absolute atomic E-state index is 0.00465. The number of ether oxygens (including phenoxy) is 1. The second-order valence-corrected chi connectivity index (χ2v) is 3.96. The molecular weight excluding hydrogens is 287 g/mol. The predicted octanol–water partition coefficient (Wildman–Crippen LogP) is 1.85. The van der Waals surface area contributed by atoms with E-state index in [2.05, 4.69) is 4.74 Å². The number of allylic oxidation sites excluding steroid dienone is 2. The highest BCUT2D eigenvalue weighted by Crippen LogP contribution is 2.37. The summed E-state index contributed by atoms with van der Waals surface area (Å²) in [4.78, 5) is 11.5. The molecule has 0 atom stereocenters. The third-order valence-electron chi connectivity index (χ3n) is 2.67. The van der Waals surface area contributed by atoms with Gasteiger partial charge in [-0.15, -0.1) is 0 Å². The van der Waals surface area contributed by atoms with Crippen LogP contribution in [0.2, 0.25) is 0 Å². The van der Waals surface area contributed by atoms with Gasteiger partial charge in [0.2, 0.25) is 0 Å². The van der Waals surface area contributed by atoms with Crippen molar-refractivity contribution in [3.63, 3.8) is 0 Å². The van der Waals surface area contributed by atoms with Crippen molar-refractivity contribution in [2.45, 2.75) is 6.18 Å². The third kappa shape index (κ3) is 3.47. The van der Waals surface area contributed by atoms with Gasteiger partial charge < -0.3 is 21.9 Å². The van der Waals surface area contributed by atoms with Crippen molar-refractivity contribution in [1.29, 1.82) is 0 Å². The van der Waals surface area contributed by atoms with Crippen LogP contribution in [0.1, 0.15) is 21.5 Å². The number of nitrogen functional groups attached to an aromatic ring is 1. The summed E-state index contributed by atoms with van der Waals surface area (Å²) in [5.41, 5.74) is 14.1. The summed E-state index contributed by atoms with van der Waals surface area (Å²) < 4.78 is 43.7. The lowest BCUT2D eigenvalue weighted by Crippen LogP contribution is -2.14. The maximum atomic E-state index is 13.1. The van der Waals surface area contributed by atoms with Crippen LogP contribution in [0.5, 0.6) is 0 Å². The zero-order valence-corrected chi connectivity index (χ0v) is 11.1. The molecule has 0 fully saturated rings. The standard InChI is InChI=1S/C13H14F3N3O2/c1-21-12(20)9-4-8(7(6-18)2-3-17)10(5-11(9)19)13(14,15)16/h2-6H,17-19H2,1H3/b3-2-,7-6+. The van der Waals surface area contributed by atoms with Gasteiger partial charge in [0.25, 0.3) is 0 Å². The van der Waals surface area contributed by atoms with Crippen LogP contribution in [0.25, 0.3) is 5.57 Å². The highest BCUT2D eigenvalue weighted by molar-refractivity contribution is 5.97. The van der Waals surface area contributed by atoms with E-state index in [1.807, 2.05) is 0 Å². The number of halogens is 3. The van der Waals surface area contributed by atoms with Crippen molar-refractivity contribution in [2.24, 2.45) is 11.5 Å². The van der Waals surface area contributed by atoms with Gasteiger partial charge in [0.05, 0.1) is 18.2 Å². The first-order valence-electron chi connectivity index (χ1n) is 5.65. The smallest absolute Gasteiger partial charge is 0.417 e. The van der Waals surface area contributed by atoms with Gasteiger partial charge in [0.15, 0.2) is 0 Å². The number of hydrogen-bond donors (Lipinski definition) is 3. The summed E-state index contributed by atoms with van der Waals surface area (Å²) in [6.45, 7) is 0. The van der Waals surface area contributed by atoms with Gasteiger partial charge in [-0.05, 0) is 35.5 Å². The van der Waals surface area contributed by atoms with Crippen LogP contribution in [0.4, 0.5) is 18.9 Å². The van der Waals surface area contributed by atoms with E-state index in [4.69, 9.17) is 17.2 Å². The Kier molecular flexibility index (Phi) is 4.85. The Balaban J connectivity index is 3.67. The van der Waals surface area contributed by atoms with E-state index >= 15 is 0 Å². The normalized spacial score (nSPS) is 12.7. The number of esters is 1. The van der Waals surface area contributed by atoms with Crippen LogP contribution in [0, 0.1) is 0 Å². The van der Waals surface area contributed by atoms with Crippen molar-refractivity contribution in [1.82, 2.24) is 0 Å². The third-order valence-corrected chi connectivity index (χ3v) is 2.67. The van der Waals surface area contributed by atoms with E-state index in [-0.39, 0.29) is 22.4 Å². The molecule has 0 radical (unpaired) electrons. The Morgan fingerprint density at radius 1 is 1.24 bits per heavy atom. The minimum atomic E-state index is -4.67. The summed E-state index contributed by atoms with van der Waals surface area (Å²) in [6, 6.07) is 1.64. The first-order chi connectivity index (χ1) is 9.76. The molecule has 0 spiro atoms. The first kappa shape index (κ1) is 16.4. The molecule has 0 saturated heterocycles. The lowest BCUT2D eigenvalue weighted by atomic mass is 9.95. The zero-order valence-electron chi connectivity index (χ0n) is 11.1. The van der Waals surface area contributed by atoms with Crippen LogP contribution in [0.3, 0.4) is 0 Å². The summed E-state index contributed by atoms with van der Waals surface area (Å²) in [5, 5.41) is 0. The molecule has 0 heterocycles. The Morgan fingerprint density at radius 3 is 2.29 bits per heavy atom. The van der Waals surface area contributed by atoms with Gasteiger partial charge in [0.1, 0.15) is 0 Å². The van der Waals surface area contributed by atoms with Crippen molar-refractivity contribution < 1.29 is 22.7 Å². The Hall–Kier alpha value is -2.64. The zero-order chi connectivity index (χ0) is 16.2. The Bertz CT molecular complexity index is 607. The first-order valence-corrected chi connectivity index (χ1v) is 5.65. The molecule has 0 aliphatic carbocycles. The van der Waals surface area contributed by atoms with Crippen molar-refractivity contribution in [2.75, 3.05) is 12.8 Å². The number of alkyl halides is 3. The molecule has 0 aliphatic heterocycles. The van der Waals surface area contributed by atoms with E-state index in [0.29, 0.717) is 6.07 Å². The quantitative estimate of drug-likeness (QED) is 0.449. The Labute approximate surface area is 118 Å². The van der Waals surface area contributed by atoms with Crippen LogP contribution < -0.4 is 17.2 Å². The molecule has 0 saturated carbocycles. The topological polar surface area (TPSA) is 104 Å². The van der Waals surface area contributed by atoms with Crippen molar-refractivity contribution in [3.8, 4) is 0 Å². The Morgan fingerprint density at radius 2 is 1.86 bits per heavy atom. The number of benzene rings is 1. The van der Waals surface area contributed by atoms with Gasteiger partial charge in [-0.2, -0.15) is 13.2 Å². The molecule has 0 unspecified atom stereocenters. The number of carbonyl (C=O) groups is 1. The van der Waals surface area contributed by atoms with Gasteiger partial charge >= 0.3 is 12.1 Å². The molecular formula is C13H14F3N3O2. The van der Waals surface area contributed by atoms with Gasteiger partial charge in [-0.25, -0.2) is 4.79 Å². The molecule has 1 rings (SSSR count). The van der Waals surface area contributed by atoms with Gasteiger partial charge in [-0.3, -0.25) is 0 Å². The molecule has 21 heavy (non-hydrogen) atoms. The average molecular weight is 301 g/mol. The summed E-state index contributed by atoms with van der Waals surface area (Å²) in [7, 11) is 1.10. The molecule has 0 bridgehead atoms. The van der Waals surface area contributed by atoms with E-state index in [1.165, 1.54) is 6.08 Å². The molecule has 0 aliphatic rings. The minimum Gasteiger partial charge on any atom is -0.465 e. The predicted molar refractivity (Wildman–Crippen MR) is 72.7 cm³/mol. The van der Waals surface area contributed by atoms with Crippen molar-refractivity contribution >= 4 is 17.2 Å². The summed E-state index contributed by atoms with van der Waals surface area (Å²) in [5.74, 6) is -0.851. The summed E-state index contributed by atoms with van der Waals surface area (Å²) >= 11 is 0. The molecule has 8 heteroatoms. The number of methoxy groups -OCH3 is 1. The van der Waals surface area contributed by atoms with E-state index in [0.717, 1.165) is 25.6 Å². The SMILES string of the molecule is COC(=O)c1cc(C(/C=C\N)=C/N)c(C(F)(F)F)cc1N. The highest BCUT2D eigenvalue weighted by atomic mass is 19.4. The van der Waals surface area contributed by atoms with Gasteiger partial charge in [-0.1, -0.05) is 0 Å². The van der Waals surface area contributed by atoms with Crippen LogP contribution >= 0.6 is 0 Å². The lowest BCUT2D eigenvalue weighted by Gasteiger charge is -2.16. The molecule has 0 amide bonds.